The summed E-state index contributed by atoms with van der Waals surface area (Å²) in [7, 11) is 1.61. The zero-order valence-corrected chi connectivity index (χ0v) is 19.0. The Morgan fingerprint density at radius 2 is 2.15 bits per heavy atom. The van der Waals surface area contributed by atoms with Gasteiger partial charge >= 0.3 is 0 Å². The first-order valence-electron chi connectivity index (χ1n) is 11.5. The van der Waals surface area contributed by atoms with E-state index in [1.54, 1.807) is 7.11 Å². The Kier molecular flexibility index (Phi) is 5.73. The van der Waals surface area contributed by atoms with Gasteiger partial charge in [-0.15, -0.1) is 0 Å². The van der Waals surface area contributed by atoms with Gasteiger partial charge in [-0.25, -0.2) is 4.98 Å². The van der Waals surface area contributed by atoms with Crippen LogP contribution in [0.2, 0.25) is 0 Å². The van der Waals surface area contributed by atoms with Crippen molar-refractivity contribution in [1.29, 1.82) is 5.26 Å². The number of carbonyl (C=O) groups is 1. The van der Waals surface area contributed by atoms with Crippen LogP contribution in [0.5, 0.6) is 0 Å². The van der Waals surface area contributed by atoms with Gasteiger partial charge in [-0.05, 0) is 37.5 Å². The van der Waals surface area contributed by atoms with E-state index < -0.39 is 0 Å². The first-order valence-corrected chi connectivity index (χ1v) is 11.5. The number of nitrogens with one attached hydrogen (secondary N) is 1. The molecule has 0 spiro atoms. The Morgan fingerprint density at radius 3 is 2.88 bits per heavy atom. The lowest BCUT2D eigenvalue weighted by molar-refractivity contribution is -0.134. The van der Waals surface area contributed by atoms with Crippen molar-refractivity contribution in [1.82, 2.24) is 20.1 Å². The molecule has 33 heavy (non-hydrogen) atoms. The number of anilines is 1. The highest BCUT2D eigenvalue weighted by Gasteiger charge is 2.33. The number of fused-ring (bicyclic) bond motifs is 1. The number of amides is 1. The Hall–Kier alpha value is -3.44. The average molecular weight is 445 g/mol. The number of hydrogen-bond acceptors (Lipinski definition) is 6. The summed E-state index contributed by atoms with van der Waals surface area (Å²) in [5, 5.41) is 18.2. The number of benzene rings is 1. The van der Waals surface area contributed by atoms with E-state index in [0.717, 1.165) is 46.4 Å². The molecule has 1 saturated heterocycles. The van der Waals surface area contributed by atoms with E-state index in [1.807, 2.05) is 23.2 Å². The van der Waals surface area contributed by atoms with Gasteiger partial charge in [-0.2, -0.15) is 10.4 Å². The highest BCUT2D eigenvalue weighted by Crippen LogP contribution is 2.45. The fraction of sp³-hybridized carbons (Fsp3) is 0.440. The number of aromatic nitrogens is 3. The molecule has 1 amide bonds. The van der Waals surface area contributed by atoms with Crippen LogP contribution in [0.15, 0.2) is 30.5 Å². The monoisotopic (exact) mass is 444 g/mol. The second-order valence-corrected chi connectivity index (χ2v) is 8.98. The summed E-state index contributed by atoms with van der Waals surface area (Å²) in [4.78, 5) is 21.7. The van der Waals surface area contributed by atoms with Gasteiger partial charge in [0, 0.05) is 49.7 Å². The molecule has 170 valence electrons. The van der Waals surface area contributed by atoms with Crippen molar-refractivity contribution in [3.05, 3.63) is 41.7 Å². The number of hydrogen-bond donors (Lipinski definition) is 1. The number of H-pyrrole nitrogens is 1. The van der Waals surface area contributed by atoms with Crippen LogP contribution >= 0.6 is 0 Å². The number of pyridine rings is 1. The molecule has 1 aliphatic heterocycles. The van der Waals surface area contributed by atoms with Crippen LogP contribution in [0.4, 0.5) is 5.82 Å². The summed E-state index contributed by atoms with van der Waals surface area (Å²) in [5.41, 5.74) is 4.68. The third-order valence-corrected chi connectivity index (χ3v) is 6.64. The summed E-state index contributed by atoms with van der Waals surface area (Å²) in [6.07, 6.45) is 4.44. The first-order chi connectivity index (χ1) is 16.1. The molecule has 0 bridgehead atoms. The van der Waals surface area contributed by atoms with E-state index in [0.29, 0.717) is 44.1 Å². The molecule has 2 aromatic heterocycles. The fourth-order valence-electron chi connectivity index (χ4n) is 4.70. The maximum atomic E-state index is 12.5. The van der Waals surface area contributed by atoms with Gasteiger partial charge in [0.25, 0.3) is 0 Å². The van der Waals surface area contributed by atoms with Gasteiger partial charge in [-0.1, -0.05) is 12.1 Å². The van der Waals surface area contributed by atoms with Crippen LogP contribution < -0.4 is 4.90 Å². The Morgan fingerprint density at radius 1 is 1.30 bits per heavy atom. The third kappa shape index (κ3) is 4.16. The van der Waals surface area contributed by atoms with Crippen molar-refractivity contribution in [3.8, 4) is 17.2 Å². The van der Waals surface area contributed by atoms with Gasteiger partial charge in [0.2, 0.25) is 5.91 Å². The molecule has 1 N–H and O–H groups in total. The molecule has 1 unspecified atom stereocenters. The van der Waals surface area contributed by atoms with E-state index in [1.165, 1.54) is 0 Å². The number of carbonyl (C=O) groups excluding carboxylic acids is 1. The number of piperazine rings is 1. The third-order valence-electron chi connectivity index (χ3n) is 6.64. The molecular formula is C25H28N6O2. The number of aromatic amines is 1. The number of nitrogens with zero attached hydrogens (tertiary/aromatic N) is 5. The topological polar surface area (TPSA) is 98.1 Å². The molecule has 8 nitrogen and oxygen atoms in total. The summed E-state index contributed by atoms with van der Waals surface area (Å²) in [6, 6.07) is 10.6. The van der Waals surface area contributed by atoms with Crippen LogP contribution in [-0.4, -0.2) is 65.4 Å². The second kappa shape index (κ2) is 8.83. The lowest BCUT2D eigenvalue weighted by atomic mass is 9.98. The van der Waals surface area contributed by atoms with Gasteiger partial charge in [0.05, 0.1) is 36.0 Å². The fourth-order valence-corrected chi connectivity index (χ4v) is 4.70. The molecule has 8 heteroatoms. The van der Waals surface area contributed by atoms with Gasteiger partial charge in [0.1, 0.15) is 11.9 Å². The van der Waals surface area contributed by atoms with Crippen molar-refractivity contribution in [2.45, 2.75) is 38.1 Å². The molecule has 2 fully saturated rings. The minimum Gasteiger partial charge on any atom is -0.384 e. The van der Waals surface area contributed by atoms with Crippen molar-refractivity contribution in [3.63, 3.8) is 0 Å². The Balaban J connectivity index is 1.46. The second-order valence-electron chi connectivity index (χ2n) is 8.98. The molecule has 3 aromatic rings. The molecule has 5 rings (SSSR count). The lowest BCUT2D eigenvalue weighted by Crippen LogP contribution is -2.54. The normalized spacial score (nSPS) is 18.5. The first kappa shape index (κ1) is 21.4. The standard InChI is InChI=1S/C25H28N6O2/c1-16-15-30(8-9-31(16)23(32)7-10-33-2)25-20(13-26)11-21(24(28-25)17-3-4-17)18-5-6-19-14-27-29-22(19)12-18/h5-6,11-12,14,16-17H,3-4,7-10,15H2,1-2H3,(H,27,29). The van der Waals surface area contributed by atoms with Crippen LogP contribution in [0.3, 0.4) is 0 Å². The quantitative estimate of drug-likeness (QED) is 0.625. The van der Waals surface area contributed by atoms with Crippen LogP contribution in [0.25, 0.3) is 22.0 Å². The largest absolute Gasteiger partial charge is 0.384 e. The van der Waals surface area contributed by atoms with E-state index >= 15 is 0 Å². The maximum Gasteiger partial charge on any atom is 0.225 e. The summed E-state index contributed by atoms with van der Waals surface area (Å²) in [5.74, 6) is 1.28. The Bertz CT molecular complexity index is 1230. The lowest BCUT2D eigenvalue weighted by Gasteiger charge is -2.41. The van der Waals surface area contributed by atoms with Crippen molar-refractivity contribution < 1.29 is 9.53 Å². The van der Waals surface area contributed by atoms with E-state index in [9.17, 15) is 10.1 Å². The molecule has 1 aromatic carbocycles. The SMILES string of the molecule is COCCC(=O)N1CCN(c2nc(C3CC3)c(-c3ccc4cn[nH]c4c3)cc2C#N)CC1C. The van der Waals surface area contributed by atoms with Gasteiger partial charge < -0.3 is 14.5 Å². The van der Waals surface area contributed by atoms with E-state index in [4.69, 9.17) is 9.72 Å². The number of nitriles is 1. The zero-order valence-electron chi connectivity index (χ0n) is 19.0. The molecule has 0 radical (unpaired) electrons. The number of ether oxygens (including phenoxy) is 1. The van der Waals surface area contributed by atoms with Crippen LogP contribution in [0, 0.1) is 11.3 Å². The van der Waals surface area contributed by atoms with Crippen LogP contribution in [-0.2, 0) is 9.53 Å². The van der Waals surface area contributed by atoms with E-state index in [2.05, 4.69) is 40.2 Å². The molecule has 1 atom stereocenters. The smallest absolute Gasteiger partial charge is 0.225 e. The maximum absolute atomic E-state index is 12.5. The number of methoxy groups -OCH3 is 1. The summed E-state index contributed by atoms with van der Waals surface area (Å²) < 4.78 is 5.06. The predicted molar refractivity (Wildman–Crippen MR) is 126 cm³/mol. The average Bonchev–Trinajstić information content (AvgIpc) is 3.58. The van der Waals surface area contributed by atoms with Crippen molar-refractivity contribution >= 4 is 22.6 Å². The minimum absolute atomic E-state index is 0.0447. The molecule has 1 saturated carbocycles. The molecule has 3 heterocycles. The molecule has 2 aliphatic rings. The highest BCUT2D eigenvalue weighted by atomic mass is 16.5. The summed E-state index contributed by atoms with van der Waals surface area (Å²) in [6.45, 7) is 4.42. The molecule has 1 aliphatic carbocycles. The highest BCUT2D eigenvalue weighted by molar-refractivity contribution is 5.85. The van der Waals surface area contributed by atoms with Crippen LogP contribution in [0.1, 0.15) is 43.4 Å². The Labute approximate surface area is 193 Å². The van der Waals surface area contributed by atoms with Gasteiger partial charge in [-0.3, -0.25) is 9.89 Å². The van der Waals surface area contributed by atoms with Crippen molar-refractivity contribution in [2.75, 3.05) is 38.3 Å². The van der Waals surface area contributed by atoms with Gasteiger partial charge in [0.15, 0.2) is 0 Å². The van der Waals surface area contributed by atoms with E-state index in [-0.39, 0.29) is 11.9 Å². The predicted octanol–water partition coefficient (Wildman–Crippen LogP) is 3.45. The minimum atomic E-state index is 0.0447. The number of rotatable bonds is 6. The molecular weight excluding hydrogens is 416 g/mol. The van der Waals surface area contributed by atoms with Crippen molar-refractivity contribution in [2.24, 2.45) is 0 Å². The summed E-state index contributed by atoms with van der Waals surface area (Å²) >= 11 is 0. The zero-order chi connectivity index (χ0) is 22.9.